The van der Waals surface area contributed by atoms with Gasteiger partial charge in [-0.25, -0.2) is 8.42 Å². The fourth-order valence-electron chi connectivity index (χ4n) is 3.11. The number of non-ortho nitro benzene ring substituents is 1. The van der Waals surface area contributed by atoms with Crippen LogP contribution in [0.5, 0.6) is 0 Å². The number of fused-ring (bicyclic) bond motifs is 1. The van der Waals surface area contributed by atoms with Crippen molar-refractivity contribution in [2.45, 2.75) is 11.3 Å². The van der Waals surface area contributed by atoms with Gasteiger partial charge >= 0.3 is 0 Å². The van der Waals surface area contributed by atoms with Gasteiger partial charge in [-0.05, 0) is 43.5 Å². The van der Waals surface area contributed by atoms with Gasteiger partial charge in [0.2, 0.25) is 10.0 Å². The molecule has 2 saturated heterocycles. The number of sulfonamides is 1. The van der Waals surface area contributed by atoms with Gasteiger partial charge in [0.05, 0.1) is 9.82 Å². The Morgan fingerprint density at radius 1 is 1.19 bits per heavy atom. The van der Waals surface area contributed by atoms with Gasteiger partial charge in [0.25, 0.3) is 5.69 Å². The van der Waals surface area contributed by atoms with Gasteiger partial charge in [-0.2, -0.15) is 4.31 Å². The molecule has 1 aromatic rings. The molecule has 2 fully saturated rings. The van der Waals surface area contributed by atoms with Crippen molar-refractivity contribution in [1.82, 2.24) is 9.62 Å². The van der Waals surface area contributed by atoms with Crippen LogP contribution in [0, 0.1) is 22.0 Å². The van der Waals surface area contributed by atoms with E-state index in [1.165, 1.54) is 28.6 Å². The van der Waals surface area contributed by atoms with Crippen molar-refractivity contribution in [3.05, 3.63) is 34.4 Å². The molecular weight excluding hydrogens is 294 g/mol. The lowest BCUT2D eigenvalue weighted by atomic mass is 9.90. The van der Waals surface area contributed by atoms with Crippen LogP contribution in [0.15, 0.2) is 29.2 Å². The second kappa shape index (κ2) is 5.36. The number of nitrogens with one attached hydrogen (secondary N) is 1. The second-order valence-electron chi connectivity index (χ2n) is 5.59. The monoisotopic (exact) mass is 311 g/mol. The summed E-state index contributed by atoms with van der Waals surface area (Å²) in [6, 6.07) is 5.09. The lowest BCUT2D eigenvalue weighted by Gasteiger charge is -2.24. The van der Waals surface area contributed by atoms with E-state index < -0.39 is 14.9 Å². The largest absolute Gasteiger partial charge is 0.316 e. The molecule has 0 aliphatic carbocycles. The molecule has 2 atom stereocenters. The average molecular weight is 311 g/mol. The van der Waals surface area contributed by atoms with Crippen LogP contribution in [0.25, 0.3) is 0 Å². The van der Waals surface area contributed by atoms with Crippen molar-refractivity contribution >= 4 is 15.7 Å². The summed E-state index contributed by atoms with van der Waals surface area (Å²) < 4.78 is 26.7. The molecule has 1 aromatic carbocycles. The van der Waals surface area contributed by atoms with Crippen molar-refractivity contribution < 1.29 is 13.3 Å². The average Bonchev–Trinajstić information content (AvgIpc) is 2.92. The van der Waals surface area contributed by atoms with Crippen LogP contribution in [-0.4, -0.2) is 43.8 Å². The number of hydrogen-bond acceptors (Lipinski definition) is 5. The number of nitro benzene ring substituents is 1. The molecule has 0 amide bonds. The summed E-state index contributed by atoms with van der Waals surface area (Å²) in [5.74, 6) is 0.783. The van der Waals surface area contributed by atoms with Crippen molar-refractivity contribution in [3.8, 4) is 0 Å². The molecule has 114 valence electrons. The van der Waals surface area contributed by atoms with Crippen molar-refractivity contribution in [1.29, 1.82) is 0 Å². The van der Waals surface area contributed by atoms with Crippen LogP contribution in [0.4, 0.5) is 5.69 Å². The Bertz CT molecular complexity index is 630. The lowest BCUT2D eigenvalue weighted by Crippen LogP contribution is -2.35. The van der Waals surface area contributed by atoms with Crippen LogP contribution in [0.2, 0.25) is 0 Å². The molecule has 3 rings (SSSR count). The van der Waals surface area contributed by atoms with Crippen LogP contribution in [0.3, 0.4) is 0 Å². The second-order valence-corrected chi connectivity index (χ2v) is 7.52. The molecular formula is C13H17N3O4S. The van der Waals surface area contributed by atoms with Crippen molar-refractivity contribution in [2.24, 2.45) is 11.8 Å². The summed E-state index contributed by atoms with van der Waals surface area (Å²) in [4.78, 5) is 10.2. The fraction of sp³-hybridized carbons (Fsp3) is 0.538. The van der Waals surface area contributed by atoms with Gasteiger partial charge in [-0.3, -0.25) is 10.1 Å². The summed E-state index contributed by atoms with van der Waals surface area (Å²) in [5, 5.41) is 13.9. The van der Waals surface area contributed by atoms with E-state index in [9.17, 15) is 18.5 Å². The van der Waals surface area contributed by atoms with Gasteiger partial charge < -0.3 is 5.32 Å². The maximum Gasteiger partial charge on any atom is 0.269 e. The molecule has 8 heteroatoms. The van der Waals surface area contributed by atoms with Gasteiger partial charge in [0, 0.05) is 25.2 Å². The number of nitro groups is 1. The first kappa shape index (κ1) is 14.4. The van der Waals surface area contributed by atoms with Gasteiger partial charge in [-0.1, -0.05) is 0 Å². The number of hydrogen-bond donors (Lipinski definition) is 1. The van der Waals surface area contributed by atoms with E-state index in [2.05, 4.69) is 5.32 Å². The van der Waals surface area contributed by atoms with E-state index in [1.807, 2.05) is 0 Å². The zero-order chi connectivity index (χ0) is 15.0. The highest BCUT2D eigenvalue weighted by atomic mass is 32.2. The Balaban J connectivity index is 1.82. The first-order valence-electron chi connectivity index (χ1n) is 6.94. The van der Waals surface area contributed by atoms with Crippen LogP contribution < -0.4 is 5.32 Å². The third kappa shape index (κ3) is 2.66. The number of piperidine rings is 1. The third-order valence-electron chi connectivity index (χ3n) is 4.33. The molecule has 0 aromatic heterocycles. The van der Waals surface area contributed by atoms with E-state index >= 15 is 0 Å². The summed E-state index contributed by atoms with van der Waals surface area (Å²) >= 11 is 0. The minimum atomic E-state index is -3.56. The highest BCUT2D eigenvalue weighted by Crippen LogP contribution is 2.32. The Morgan fingerprint density at radius 2 is 1.86 bits per heavy atom. The molecule has 2 aliphatic rings. The molecule has 0 saturated carbocycles. The Morgan fingerprint density at radius 3 is 2.48 bits per heavy atom. The zero-order valence-electron chi connectivity index (χ0n) is 11.4. The van der Waals surface area contributed by atoms with E-state index in [0.717, 1.165) is 19.5 Å². The first-order valence-corrected chi connectivity index (χ1v) is 8.38. The number of benzene rings is 1. The third-order valence-corrected chi connectivity index (χ3v) is 6.17. The Kier molecular flexibility index (Phi) is 3.68. The highest BCUT2D eigenvalue weighted by molar-refractivity contribution is 7.89. The van der Waals surface area contributed by atoms with Crippen LogP contribution in [0.1, 0.15) is 6.42 Å². The molecule has 1 N–H and O–H groups in total. The Labute approximate surface area is 123 Å². The Hall–Kier alpha value is -1.51. The zero-order valence-corrected chi connectivity index (χ0v) is 12.3. The smallest absolute Gasteiger partial charge is 0.269 e. The number of rotatable bonds is 3. The highest BCUT2D eigenvalue weighted by Gasteiger charge is 2.40. The number of nitrogens with zero attached hydrogens (tertiary/aromatic N) is 2. The minimum absolute atomic E-state index is 0.103. The summed E-state index contributed by atoms with van der Waals surface area (Å²) in [7, 11) is -3.56. The van der Waals surface area contributed by atoms with E-state index in [1.54, 1.807) is 0 Å². The minimum Gasteiger partial charge on any atom is -0.316 e. The van der Waals surface area contributed by atoms with E-state index in [0.29, 0.717) is 24.9 Å². The molecule has 0 radical (unpaired) electrons. The first-order chi connectivity index (χ1) is 9.98. The molecule has 2 heterocycles. The van der Waals surface area contributed by atoms with E-state index in [4.69, 9.17) is 0 Å². The SMILES string of the molecule is O=[N+]([O-])c1ccc(S(=O)(=O)N2C[C@H]3CCNC[C@H]3C2)cc1. The molecule has 7 nitrogen and oxygen atoms in total. The van der Waals surface area contributed by atoms with Gasteiger partial charge in [0.1, 0.15) is 0 Å². The fourth-order valence-corrected chi connectivity index (χ4v) is 4.67. The molecule has 0 bridgehead atoms. The maximum absolute atomic E-state index is 12.6. The topological polar surface area (TPSA) is 92.5 Å². The molecule has 0 unspecified atom stereocenters. The lowest BCUT2D eigenvalue weighted by molar-refractivity contribution is -0.384. The molecule has 0 spiro atoms. The predicted octanol–water partition coefficient (Wildman–Crippen LogP) is 0.825. The summed E-state index contributed by atoms with van der Waals surface area (Å²) in [5.41, 5.74) is -0.103. The molecule has 2 aliphatic heterocycles. The standard InChI is InChI=1S/C13H17N3O4S/c17-16(18)12-1-3-13(4-2-12)21(19,20)15-8-10-5-6-14-7-11(10)9-15/h1-4,10-11,14H,5-9H2/t10-,11+/m1/s1. The predicted molar refractivity (Wildman–Crippen MR) is 76.3 cm³/mol. The van der Waals surface area contributed by atoms with E-state index in [-0.39, 0.29) is 10.6 Å². The van der Waals surface area contributed by atoms with Crippen molar-refractivity contribution in [2.75, 3.05) is 26.2 Å². The van der Waals surface area contributed by atoms with Gasteiger partial charge in [-0.15, -0.1) is 0 Å². The maximum atomic E-state index is 12.6. The van der Waals surface area contributed by atoms with Crippen LogP contribution in [-0.2, 0) is 10.0 Å². The van der Waals surface area contributed by atoms with Gasteiger partial charge in [0.15, 0.2) is 0 Å². The quantitative estimate of drug-likeness (QED) is 0.659. The summed E-state index contributed by atoms with van der Waals surface area (Å²) in [6.45, 7) is 2.87. The summed E-state index contributed by atoms with van der Waals surface area (Å²) in [6.07, 6.45) is 0.997. The van der Waals surface area contributed by atoms with Crippen LogP contribution >= 0.6 is 0 Å². The molecule has 21 heavy (non-hydrogen) atoms. The normalized spacial score (nSPS) is 26.5. The van der Waals surface area contributed by atoms with Crippen molar-refractivity contribution in [3.63, 3.8) is 0 Å².